The van der Waals surface area contributed by atoms with Gasteiger partial charge in [-0.15, -0.1) is 0 Å². The molecule has 90 valence electrons. The smallest absolute Gasteiger partial charge is 0.141 e. The van der Waals surface area contributed by atoms with E-state index in [1.807, 2.05) is 18.2 Å². The van der Waals surface area contributed by atoms with E-state index < -0.39 is 5.54 Å². The average Bonchev–Trinajstić information content (AvgIpc) is 3.21. The van der Waals surface area contributed by atoms with Crippen LogP contribution in [-0.2, 0) is 0 Å². The molecule has 0 amide bonds. The maximum absolute atomic E-state index is 9.09. The van der Waals surface area contributed by atoms with Gasteiger partial charge in [0.2, 0.25) is 0 Å². The van der Waals surface area contributed by atoms with Crippen LogP contribution in [0.5, 0.6) is 11.5 Å². The van der Waals surface area contributed by atoms with Crippen LogP contribution < -0.4 is 15.2 Å². The molecule has 1 saturated carbocycles. The van der Waals surface area contributed by atoms with Gasteiger partial charge in [0.15, 0.2) is 0 Å². The van der Waals surface area contributed by atoms with Gasteiger partial charge in [0, 0.05) is 6.07 Å². The molecule has 0 aliphatic heterocycles. The van der Waals surface area contributed by atoms with Crippen molar-refractivity contribution in [2.75, 3.05) is 13.7 Å². The van der Waals surface area contributed by atoms with E-state index in [2.05, 4.69) is 6.07 Å². The van der Waals surface area contributed by atoms with Gasteiger partial charge >= 0.3 is 0 Å². The molecule has 1 atom stereocenters. The van der Waals surface area contributed by atoms with Gasteiger partial charge in [-0.2, -0.15) is 5.26 Å². The lowest BCUT2D eigenvalue weighted by atomic mass is 9.98. The number of methoxy groups -OCH3 is 1. The Labute approximate surface area is 101 Å². The standard InChI is InChI=1S/C13H16N2O2/c1-16-11-3-2-4-12(7-11)17-9-13(15,8-14)10-5-6-10/h2-4,7,10H,5-6,9,15H2,1H3. The summed E-state index contributed by atoms with van der Waals surface area (Å²) in [4.78, 5) is 0. The van der Waals surface area contributed by atoms with E-state index in [1.165, 1.54) is 0 Å². The fourth-order valence-corrected chi connectivity index (χ4v) is 1.73. The highest BCUT2D eigenvalue weighted by molar-refractivity contribution is 5.33. The summed E-state index contributed by atoms with van der Waals surface area (Å²) in [6, 6.07) is 9.45. The highest BCUT2D eigenvalue weighted by Crippen LogP contribution is 2.38. The number of rotatable bonds is 5. The number of nitriles is 1. The van der Waals surface area contributed by atoms with E-state index in [0.717, 1.165) is 18.6 Å². The summed E-state index contributed by atoms with van der Waals surface area (Å²) < 4.78 is 10.7. The first-order valence-electron chi connectivity index (χ1n) is 5.65. The van der Waals surface area contributed by atoms with Crippen LogP contribution in [0.4, 0.5) is 0 Å². The van der Waals surface area contributed by atoms with Crippen LogP contribution in [0, 0.1) is 17.2 Å². The van der Waals surface area contributed by atoms with Crippen LogP contribution in [0.1, 0.15) is 12.8 Å². The minimum Gasteiger partial charge on any atom is -0.497 e. The van der Waals surface area contributed by atoms with E-state index in [4.69, 9.17) is 20.5 Å². The number of benzene rings is 1. The van der Waals surface area contributed by atoms with Crippen molar-refractivity contribution in [3.8, 4) is 17.6 Å². The number of ether oxygens (including phenoxy) is 2. The van der Waals surface area contributed by atoms with Crippen LogP contribution in [-0.4, -0.2) is 19.3 Å². The first-order chi connectivity index (χ1) is 8.18. The number of hydrogen-bond acceptors (Lipinski definition) is 4. The molecule has 1 aromatic rings. The molecule has 2 rings (SSSR count). The van der Waals surface area contributed by atoms with Crippen molar-refractivity contribution < 1.29 is 9.47 Å². The summed E-state index contributed by atoms with van der Waals surface area (Å²) in [5, 5.41) is 9.09. The van der Waals surface area contributed by atoms with Crippen molar-refractivity contribution in [2.24, 2.45) is 11.7 Å². The van der Waals surface area contributed by atoms with E-state index in [9.17, 15) is 0 Å². The summed E-state index contributed by atoms with van der Waals surface area (Å²) in [6.07, 6.45) is 2.04. The maximum Gasteiger partial charge on any atom is 0.141 e. The first kappa shape index (κ1) is 11.7. The molecule has 2 N–H and O–H groups in total. The summed E-state index contributed by atoms with van der Waals surface area (Å²) in [6.45, 7) is 0.224. The Bertz CT molecular complexity index is 437. The molecule has 0 saturated heterocycles. The molecular weight excluding hydrogens is 216 g/mol. The summed E-state index contributed by atoms with van der Waals surface area (Å²) in [7, 11) is 1.60. The maximum atomic E-state index is 9.09. The molecular formula is C13H16N2O2. The van der Waals surface area contributed by atoms with Crippen LogP contribution in [0.15, 0.2) is 24.3 Å². The van der Waals surface area contributed by atoms with Crippen molar-refractivity contribution in [3.05, 3.63) is 24.3 Å². The average molecular weight is 232 g/mol. The predicted molar refractivity (Wildman–Crippen MR) is 63.7 cm³/mol. The SMILES string of the molecule is COc1cccc(OCC(N)(C#N)C2CC2)c1. The number of hydrogen-bond donors (Lipinski definition) is 1. The van der Waals surface area contributed by atoms with Gasteiger partial charge in [-0.05, 0) is 30.9 Å². The van der Waals surface area contributed by atoms with Crippen molar-refractivity contribution in [3.63, 3.8) is 0 Å². The molecule has 0 heterocycles. The first-order valence-corrected chi connectivity index (χ1v) is 5.65. The second kappa shape index (κ2) is 4.64. The van der Waals surface area contributed by atoms with Crippen molar-refractivity contribution in [1.82, 2.24) is 0 Å². The Morgan fingerprint density at radius 1 is 1.47 bits per heavy atom. The van der Waals surface area contributed by atoms with Crippen molar-refractivity contribution >= 4 is 0 Å². The quantitative estimate of drug-likeness (QED) is 0.839. The molecule has 1 fully saturated rings. The Hall–Kier alpha value is -1.73. The Morgan fingerprint density at radius 2 is 2.18 bits per heavy atom. The Kier molecular flexibility index (Phi) is 3.21. The lowest BCUT2D eigenvalue weighted by Gasteiger charge is -2.21. The molecule has 0 spiro atoms. The molecule has 4 heteroatoms. The van der Waals surface area contributed by atoms with Crippen LogP contribution in [0.2, 0.25) is 0 Å². The van der Waals surface area contributed by atoms with Crippen LogP contribution >= 0.6 is 0 Å². The third-order valence-electron chi connectivity index (χ3n) is 3.03. The van der Waals surface area contributed by atoms with E-state index >= 15 is 0 Å². The minimum absolute atomic E-state index is 0.224. The minimum atomic E-state index is -0.858. The van der Waals surface area contributed by atoms with Crippen molar-refractivity contribution in [2.45, 2.75) is 18.4 Å². The highest BCUT2D eigenvalue weighted by Gasteiger charge is 2.43. The van der Waals surface area contributed by atoms with E-state index in [1.54, 1.807) is 13.2 Å². The molecule has 17 heavy (non-hydrogen) atoms. The second-order valence-corrected chi connectivity index (χ2v) is 4.39. The zero-order valence-electron chi connectivity index (χ0n) is 9.85. The third kappa shape index (κ3) is 2.69. The molecule has 1 aliphatic carbocycles. The fourth-order valence-electron chi connectivity index (χ4n) is 1.73. The van der Waals surface area contributed by atoms with Gasteiger partial charge in [-0.25, -0.2) is 0 Å². The fraction of sp³-hybridized carbons (Fsp3) is 0.462. The molecule has 1 aromatic carbocycles. The lowest BCUT2D eigenvalue weighted by molar-refractivity contribution is 0.236. The highest BCUT2D eigenvalue weighted by atomic mass is 16.5. The Balaban J connectivity index is 1.99. The molecule has 1 unspecified atom stereocenters. The molecule has 1 aliphatic rings. The zero-order chi connectivity index (χ0) is 12.3. The third-order valence-corrected chi connectivity index (χ3v) is 3.03. The molecule has 4 nitrogen and oxygen atoms in total. The van der Waals surface area contributed by atoms with Gasteiger partial charge in [-0.1, -0.05) is 6.07 Å². The summed E-state index contributed by atoms with van der Waals surface area (Å²) >= 11 is 0. The number of nitrogens with zero attached hydrogens (tertiary/aromatic N) is 1. The van der Waals surface area contributed by atoms with E-state index in [-0.39, 0.29) is 12.5 Å². The van der Waals surface area contributed by atoms with Gasteiger partial charge in [0.25, 0.3) is 0 Å². The second-order valence-electron chi connectivity index (χ2n) is 4.39. The van der Waals surface area contributed by atoms with Gasteiger partial charge in [-0.3, -0.25) is 0 Å². The Morgan fingerprint density at radius 3 is 2.76 bits per heavy atom. The monoisotopic (exact) mass is 232 g/mol. The normalized spacial score (nSPS) is 17.9. The summed E-state index contributed by atoms with van der Waals surface area (Å²) in [5.41, 5.74) is 5.15. The van der Waals surface area contributed by atoms with Gasteiger partial charge in [0.1, 0.15) is 23.6 Å². The zero-order valence-corrected chi connectivity index (χ0v) is 9.85. The molecule has 0 aromatic heterocycles. The largest absolute Gasteiger partial charge is 0.497 e. The number of nitrogens with two attached hydrogens (primary N) is 1. The predicted octanol–water partition coefficient (Wildman–Crippen LogP) is 1.71. The molecule has 0 bridgehead atoms. The van der Waals surface area contributed by atoms with Crippen molar-refractivity contribution in [1.29, 1.82) is 5.26 Å². The summed E-state index contributed by atoms with van der Waals surface area (Å²) in [5.74, 6) is 1.68. The van der Waals surface area contributed by atoms with Crippen LogP contribution in [0.3, 0.4) is 0 Å². The van der Waals surface area contributed by atoms with Gasteiger partial charge in [0.05, 0.1) is 13.2 Å². The molecule has 0 radical (unpaired) electrons. The van der Waals surface area contributed by atoms with Crippen LogP contribution in [0.25, 0.3) is 0 Å². The van der Waals surface area contributed by atoms with Gasteiger partial charge < -0.3 is 15.2 Å². The lowest BCUT2D eigenvalue weighted by Crippen LogP contribution is -2.46. The topological polar surface area (TPSA) is 68.3 Å². The van der Waals surface area contributed by atoms with E-state index in [0.29, 0.717) is 5.75 Å².